The number of benzene rings is 2. The van der Waals surface area contributed by atoms with E-state index in [1.807, 2.05) is 18.2 Å². The number of amides is 2. The van der Waals surface area contributed by atoms with Crippen molar-refractivity contribution in [2.45, 2.75) is 6.18 Å². The van der Waals surface area contributed by atoms with Gasteiger partial charge in [-0.15, -0.1) is 0 Å². The molecule has 0 aliphatic carbocycles. The van der Waals surface area contributed by atoms with Crippen molar-refractivity contribution in [3.05, 3.63) is 96.4 Å². The summed E-state index contributed by atoms with van der Waals surface area (Å²) in [5.41, 5.74) is 1.10. The van der Waals surface area contributed by atoms with Gasteiger partial charge >= 0.3 is 6.18 Å². The molecule has 36 heavy (non-hydrogen) atoms. The molecule has 0 saturated heterocycles. The molecule has 1 atom stereocenters. The van der Waals surface area contributed by atoms with Gasteiger partial charge in [-0.2, -0.15) is 13.2 Å². The number of hydrogen-bond donors (Lipinski definition) is 1. The van der Waals surface area contributed by atoms with Crippen molar-refractivity contribution in [2.75, 3.05) is 16.8 Å². The number of pyridine rings is 1. The number of hydrogen-bond acceptors (Lipinski definition) is 4. The van der Waals surface area contributed by atoms with E-state index in [4.69, 9.17) is 0 Å². The van der Waals surface area contributed by atoms with E-state index in [0.717, 1.165) is 17.5 Å². The van der Waals surface area contributed by atoms with Crippen molar-refractivity contribution in [1.82, 2.24) is 4.98 Å². The van der Waals surface area contributed by atoms with Crippen LogP contribution in [-0.2, 0) is 15.8 Å². The van der Waals surface area contributed by atoms with Crippen molar-refractivity contribution in [1.29, 1.82) is 0 Å². The molecular formula is C27H19F3N4O2. The third-order valence-corrected chi connectivity index (χ3v) is 5.85. The summed E-state index contributed by atoms with van der Waals surface area (Å²) in [4.78, 5) is 35.4. The summed E-state index contributed by atoms with van der Waals surface area (Å²) in [6, 6.07) is 12.1. The number of dihydropyridines is 1. The quantitative estimate of drug-likeness (QED) is 0.502. The molecule has 1 aromatic heterocycles. The fourth-order valence-corrected chi connectivity index (χ4v) is 4.08. The van der Waals surface area contributed by atoms with Crippen LogP contribution in [0, 0.1) is 5.92 Å². The number of carbonyl (C=O) groups excluding carboxylic acids is 2. The van der Waals surface area contributed by atoms with E-state index < -0.39 is 29.5 Å². The van der Waals surface area contributed by atoms with Crippen molar-refractivity contribution in [2.24, 2.45) is 10.9 Å². The first-order valence-corrected chi connectivity index (χ1v) is 11.1. The van der Waals surface area contributed by atoms with E-state index in [-0.39, 0.29) is 12.2 Å². The van der Waals surface area contributed by atoms with Crippen LogP contribution in [0.25, 0.3) is 16.5 Å². The Bertz CT molecular complexity index is 1490. The predicted octanol–water partition coefficient (Wildman–Crippen LogP) is 5.39. The molecule has 5 rings (SSSR count). The highest BCUT2D eigenvalue weighted by Crippen LogP contribution is 2.39. The van der Waals surface area contributed by atoms with Crippen LogP contribution in [0.5, 0.6) is 0 Å². The highest BCUT2D eigenvalue weighted by atomic mass is 19.4. The highest BCUT2D eigenvalue weighted by molar-refractivity contribution is 6.10. The lowest BCUT2D eigenvalue weighted by atomic mass is 9.95. The number of aliphatic imine (C=N–C) groups is 1. The fraction of sp³-hybridized carbons (Fsp3) is 0.111. The maximum atomic E-state index is 13.5. The molecule has 2 amide bonds. The second-order valence-electron chi connectivity index (χ2n) is 8.26. The summed E-state index contributed by atoms with van der Waals surface area (Å²) >= 11 is 0. The molecule has 0 radical (unpaired) electrons. The zero-order chi connectivity index (χ0) is 25.3. The van der Waals surface area contributed by atoms with E-state index in [9.17, 15) is 22.8 Å². The molecular weight excluding hydrogens is 469 g/mol. The zero-order valence-electron chi connectivity index (χ0n) is 18.7. The van der Waals surface area contributed by atoms with E-state index in [1.165, 1.54) is 29.3 Å². The number of halogens is 3. The first-order chi connectivity index (χ1) is 17.3. The summed E-state index contributed by atoms with van der Waals surface area (Å²) in [6.45, 7) is 0.208. The number of fused-ring (bicyclic) bond motifs is 2. The van der Waals surface area contributed by atoms with Gasteiger partial charge in [0.05, 0.1) is 29.2 Å². The highest BCUT2D eigenvalue weighted by Gasteiger charge is 2.34. The number of alkyl halides is 3. The van der Waals surface area contributed by atoms with Gasteiger partial charge in [-0.25, -0.2) is 0 Å². The first-order valence-electron chi connectivity index (χ1n) is 11.1. The molecule has 1 N–H and O–H groups in total. The lowest BCUT2D eigenvalue weighted by Crippen LogP contribution is -2.35. The van der Waals surface area contributed by atoms with Crippen molar-refractivity contribution >= 4 is 45.9 Å². The van der Waals surface area contributed by atoms with Crippen LogP contribution in [-0.4, -0.2) is 29.6 Å². The Balaban J connectivity index is 1.47. The predicted molar refractivity (Wildman–Crippen MR) is 132 cm³/mol. The van der Waals surface area contributed by atoms with Gasteiger partial charge in [-0.05, 0) is 48.1 Å². The molecule has 3 aromatic rings. The Kier molecular flexibility index (Phi) is 5.97. The minimum Gasteiger partial charge on any atom is -0.322 e. The normalized spacial score (nSPS) is 17.9. The van der Waals surface area contributed by atoms with Gasteiger partial charge in [-0.1, -0.05) is 24.3 Å². The van der Waals surface area contributed by atoms with Crippen molar-refractivity contribution in [3.8, 4) is 0 Å². The molecule has 2 aliphatic heterocycles. The minimum absolute atomic E-state index is 0.0502. The maximum absolute atomic E-state index is 13.5. The molecule has 0 fully saturated rings. The second-order valence-corrected chi connectivity index (χ2v) is 8.26. The van der Waals surface area contributed by atoms with Crippen LogP contribution in [0.1, 0.15) is 11.1 Å². The van der Waals surface area contributed by atoms with E-state index in [2.05, 4.69) is 15.3 Å². The van der Waals surface area contributed by atoms with Crippen LogP contribution < -0.4 is 10.2 Å². The SMILES string of the molecule is O=C(C=C1C=CN(C(=O)C2C=CC=NC2)c2cc(C(F)(F)F)ccc21)Nc1ccc2cccnc2c1. The first kappa shape index (κ1) is 23.2. The topological polar surface area (TPSA) is 74.7 Å². The molecule has 180 valence electrons. The third-order valence-electron chi connectivity index (χ3n) is 5.85. The van der Waals surface area contributed by atoms with Crippen LogP contribution in [0.15, 0.2) is 90.2 Å². The summed E-state index contributed by atoms with van der Waals surface area (Å²) in [5.74, 6) is -1.48. The molecule has 1 unspecified atom stereocenters. The smallest absolute Gasteiger partial charge is 0.322 e. The summed E-state index contributed by atoms with van der Waals surface area (Å²) in [6.07, 6.45) is 6.12. The fourth-order valence-electron chi connectivity index (χ4n) is 4.08. The van der Waals surface area contributed by atoms with Gasteiger partial charge in [0, 0.05) is 41.3 Å². The molecule has 6 nitrogen and oxygen atoms in total. The number of aromatic nitrogens is 1. The Morgan fingerprint density at radius 3 is 2.75 bits per heavy atom. The van der Waals surface area contributed by atoms with E-state index in [0.29, 0.717) is 22.3 Å². The van der Waals surface area contributed by atoms with Crippen molar-refractivity contribution < 1.29 is 22.8 Å². The largest absolute Gasteiger partial charge is 0.416 e. The van der Waals surface area contributed by atoms with Crippen LogP contribution in [0.2, 0.25) is 0 Å². The Morgan fingerprint density at radius 1 is 1.11 bits per heavy atom. The lowest BCUT2D eigenvalue weighted by molar-refractivity contribution is -0.137. The van der Waals surface area contributed by atoms with Gasteiger partial charge in [0.15, 0.2) is 0 Å². The van der Waals surface area contributed by atoms with Gasteiger partial charge < -0.3 is 5.32 Å². The number of rotatable bonds is 3. The number of allylic oxidation sites excluding steroid dienone is 3. The van der Waals surface area contributed by atoms with Gasteiger partial charge in [0.2, 0.25) is 11.8 Å². The van der Waals surface area contributed by atoms with E-state index in [1.54, 1.807) is 36.7 Å². The molecule has 0 saturated carbocycles. The third kappa shape index (κ3) is 4.68. The number of carbonyl (C=O) groups is 2. The Hall–Kier alpha value is -4.53. The van der Waals surface area contributed by atoms with Gasteiger partial charge in [0.25, 0.3) is 0 Å². The van der Waals surface area contributed by atoms with Crippen molar-refractivity contribution in [3.63, 3.8) is 0 Å². The van der Waals surface area contributed by atoms with Crippen LogP contribution in [0.4, 0.5) is 24.5 Å². The van der Waals surface area contributed by atoms with Gasteiger partial charge in [0.1, 0.15) is 0 Å². The molecule has 0 bridgehead atoms. The number of anilines is 2. The number of nitrogens with zero attached hydrogens (tertiary/aromatic N) is 3. The molecule has 2 aliphatic rings. The Morgan fingerprint density at radius 2 is 1.97 bits per heavy atom. The van der Waals surface area contributed by atoms with Crippen LogP contribution in [0.3, 0.4) is 0 Å². The monoisotopic (exact) mass is 488 g/mol. The lowest BCUT2D eigenvalue weighted by Gasteiger charge is -2.29. The summed E-state index contributed by atoms with van der Waals surface area (Å²) in [7, 11) is 0. The second kappa shape index (κ2) is 9.26. The molecule has 2 aromatic carbocycles. The zero-order valence-corrected chi connectivity index (χ0v) is 18.7. The van der Waals surface area contributed by atoms with Gasteiger partial charge in [-0.3, -0.25) is 24.5 Å². The number of nitrogens with one attached hydrogen (secondary N) is 1. The minimum atomic E-state index is -4.59. The van der Waals surface area contributed by atoms with Crippen LogP contribution >= 0.6 is 0 Å². The van der Waals surface area contributed by atoms with E-state index >= 15 is 0 Å². The average Bonchev–Trinajstić information content (AvgIpc) is 2.88. The summed E-state index contributed by atoms with van der Waals surface area (Å²) < 4.78 is 40.4. The molecule has 3 heterocycles. The standard InChI is InChI=1S/C27H19F3N4O2/c28-27(29,30)20-6-8-22-18(9-12-34(24(22)14-20)26(36)19-4-1-10-31-16-19)13-25(35)33-21-7-5-17-3-2-11-32-23(17)15-21/h1-15,19H,16H2,(H,33,35). The summed E-state index contributed by atoms with van der Waals surface area (Å²) in [5, 5.41) is 3.68. The molecule has 0 spiro atoms. The maximum Gasteiger partial charge on any atom is 0.416 e. The Labute approximate surface area is 204 Å². The average molecular weight is 488 g/mol. The molecule has 9 heteroatoms.